The number of unbranched alkanes of at least 4 members (excludes halogenated alkanes) is 1. The van der Waals surface area contributed by atoms with Crippen LogP contribution in [-0.2, 0) is 23.8 Å². The number of hydrogen-bond acceptors (Lipinski definition) is 5. The third-order valence-electron chi connectivity index (χ3n) is 2.82. The normalized spacial score (nSPS) is 15.8. The van der Waals surface area contributed by atoms with Gasteiger partial charge in [-0.3, -0.25) is 4.79 Å². The lowest BCUT2D eigenvalue weighted by atomic mass is 10.1. The summed E-state index contributed by atoms with van der Waals surface area (Å²) < 4.78 is 15.4. The highest BCUT2D eigenvalue weighted by Crippen LogP contribution is 2.12. The first-order chi connectivity index (χ1) is 9.09. The molecule has 0 spiro atoms. The van der Waals surface area contributed by atoms with Crippen LogP contribution in [0, 0.1) is 0 Å². The van der Waals surface area contributed by atoms with Gasteiger partial charge in [-0.25, -0.2) is 4.79 Å². The molecular weight excluding hydrogens is 248 g/mol. The summed E-state index contributed by atoms with van der Waals surface area (Å²) >= 11 is 0. The average Bonchev–Trinajstić information content (AvgIpc) is 2.39. The van der Waals surface area contributed by atoms with Crippen LogP contribution in [0.5, 0.6) is 0 Å². The van der Waals surface area contributed by atoms with Crippen molar-refractivity contribution in [3.8, 4) is 0 Å². The van der Waals surface area contributed by atoms with Crippen LogP contribution >= 0.6 is 0 Å². The average molecular weight is 270 g/mol. The Hall–Kier alpha value is -1.36. The van der Waals surface area contributed by atoms with E-state index in [-0.39, 0.29) is 18.0 Å². The number of carbonyl (C=O) groups is 2. The van der Waals surface area contributed by atoms with Gasteiger partial charge in [0.25, 0.3) is 0 Å². The van der Waals surface area contributed by atoms with Crippen molar-refractivity contribution < 1.29 is 23.8 Å². The monoisotopic (exact) mass is 270 g/mol. The fourth-order valence-electron chi connectivity index (χ4n) is 1.70. The van der Waals surface area contributed by atoms with Crippen LogP contribution in [0.15, 0.2) is 12.2 Å². The van der Waals surface area contributed by atoms with E-state index in [0.29, 0.717) is 44.7 Å². The smallest absolute Gasteiger partial charge is 0.333 e. The van der Waals surface area contributed by atoms with Crippen LogP contribution in [-0.4, -0.2) is 37.9 Å². The molecule has 0 saturated carbocycles. The molecule has 0 amide bonds. The Labute approximate surface area is 113 Å². The maximum atomic E-state index is 11.5. The standard InChI is InChI=1S/C14H22O5/c1-11(2)14(16)18-8-4-3-5-13(15)19-12-6-9-17-10-7-12/h12H,1,3-10H2,2H3. The summed E-state index contributed by atoms with van der Waals surface area (Å²) in [6.07, 6.45) is 3.24. The molecule has 1 rings (SSSR count). The van der Waals surface area contributed by atoms with Gasteiger partial charge in [-0.05, 0) is 19.8 Å². The molecule has 0 N–H and O–H groups in total. The summed E-state index contributed by atoms with van der Waals surface area (Å²) in [5, 5.41) is 0. The van der Waals surface area contributed by atoms with E-state index in [1.54, 1.807) is 6.92 Å². The lowest BCUT2D eigenvalue weighted by Gasteiger charge is -2.22. The maximum absolute atomic E-state index is 11.5. The van der Waals surface area contributed by atoms with Crippen molar-refractivity contribution in [2.75, 3.05) is 19.8 Å². The van der Waals surface area contributed by atoms with E-state index in [1.165, 1.54) is 0 Å². The predicted octanol–water partition coefficient (Wildman–Crippen LogP) is 2.00. The third-order valence-corrected chi connectivity index (χ3v) is 2.82. The van der Waals surface area contributed by atoms with Crippen molar-refractivity contribution in [3.63, 3.8) is 0 Å². The summed E-state index contributed by atoms with van der Waals surface area (Å²) in [7, 11) is 0. The van der Waals surface area contributed by atoms with Crippen molar-refractivity contribution in [2.24, 2.45) is 0 Å². The van der Waals surface area contributed by atoms with Gasteiger partial charge in [0, 0.05) is 24.8 Å². The van der Waals surface area contributed by atoms with E-state index >= 15 is 0 Å². The minimum atomic E-state index is -0.384. The minimum absolute atomic E-state index is 0.00231. The van der Waals surface area contributed by atoms with Crippen molar-refractivity contribution in [3.05, 3.63) is 12.2 Å². The molecule has 0 aliphatic carbocycles. The number of hydrogen-bond donors (Lipinski definition) is 0. The highest BCUT2D eigenvalue weighted by molar-refractivity contribution is 5.86. The molecule has 0 unspecified atom stereocenters. The minimum Gasteiger partial charge on any atom is -0.462 e. The molecule has 0 radical (unpaired) electrons. The number of ether oxygens (including phenoxy) is 3. The quantitative estimate of drug-likeness (QED) is 0.402. The van der Waals surface area contributed by atoms with Crippen LogP contribution in [0.3, 0.4) is 0 Å². The summed E-state index contributed by atoms with van der Waals surface area (Å²) in [5.74, 6) is -0.567. The van der Waals surface area contributed by atoms with Crippen LogP contribution in [0.25, 0.3) is 0 Å². The van der Waals surface area contributed by atoms with Gasteiger partial charge in [0.2, 0.25) is 0 Å². The Morgan fingerprint density at radius 1 is 1.26 bits per heavy atom. The topological polar surface area (TPSA) is 61.8 Å². The van der Waals surface area contributed by atoms with Crippen molar-refractivity contribution in [1.29, 1.82) is 0 Å². The van der Waals surface area contributed by atoms with Crippen LogP contribution in [0.2, 0.25) is 0 Å². The Morgan fingerprint density at radius 3 is 2.58 bits per heavy atom. The van der Waals surface area contributed by atoms with Gasteiger partial charge in [-0.1, -0.05) is 6.58 Å². The molecular formula is C14H22O5. The molecule has 1 aliphatic rings. The molecule has 0 aromatic carbocycles. The number of carbonyl (C=O) groups excluding carboxylic acids is 2. The lowest BCUT2D eigenvalue weighted by Crippen LogP contribution is -2.26. The van der Waals surface area contributed by atoms with Crippen molar-refractivity contribution in [2.45, 2.75) is 45.1 Å². The Kier molecular flexibility index (Phi) is 7.18. The first-order valence-electron chi connectivity index (χ1n) is 6.69. The van der Waals surface area contributed by atoms with E-state index in [9.17, 15) is 9.59 Å². The van der Waals surface area contributed by atoms with E-state index < -0.39 is 0 Å². The summed E-state index contributed by atoms with van der Waals surface area (Å²) in [6, 6.07) is 0. The molecule has 1 fully saturated rings. The summed E-state index contributed by atoms with van der Waals surface area (Å²) in [4.78, 5) is 22.6. The van der Waals surface area contributed by atoms with Gasteiger partial charge in [0.1, 0.15) is 6.10 Å². The lowest BCUT2D eigenvalue weighted by molar-refractivity contribution is -0.153. The molecule has 108 valence electrons. The fourth-order valence-corrected chi connectivity index (χ4v) is 1.70. The summed E-state index contributed by atoms with van der Waals surface area (Å²) in [5.41, 5.74) is 0.388. The van der Waals surface area contributed by atoms with E-state index in [1.807, 2.05) is 0 Å². The zero-order valence-corrected chi connectivity index (χ0v) is 11.5. The van der Waals surface area contributed by atoms with Gasteiger partial charge in [0.15, 0.2) is 0 Å². The zero-order chi connectivity index (χ0) is 14.1. The SMILES string of the molecule is C=C(C)C(=O)OCCCCC(=O)OC1CCOCC1. The third kappa shape index (κ3) is 6.96. The second-order valence-electron chi connectivity index (χ2n) is 4.67. The first kappa shape index (κ1) is 15.7. The second-order valence-corrected chi connectivity index (χ2v) is 4.67. The van der Waals surface area contributed by atoms with E-state index in [0.717, 1.165) is 12.8 Å². The molecule has 0 bridgehead atoms. The molecule has 1 aliphatic heterocycles. The molecule has 5 heteroatoms. The Bertz CT molecular complexity index is 318. The number of esters is 2. The molecule has 0 aromatic rings. The Balaban J connectivity index is 2.00. The van der Waals surface area contributed by atoms with Gasteiger partial charge < -0.3 is 14.2 Å². The van der Waals surface area contributed by atoms with Gasteiger partial charge in [-0.2, -0.15) is 0 Å². The van der Waals surface area contributed by atoms with E-state index in [4.69, 9.17) is 14.2 Å². The maximum Gasteiger partial charge on any atom is 0.333 e. The fraction of sp³-hybridized carbons (Fsp3) is 0.714. The van der Waals surface area contributed by atoms with Crippen LogP contribution in [0.1, 0.15) is 39.0 Å². The van der Waals surface area contributed by atoms with Crippen molar-refractivity contribution >= 4 is 11.9 Å². The van der Waals surface area contributed by atoms with Gasteiger partial charge in [-0.15, -0.1) is 0 Å². The molecule has 1 saturated heterocycles. The highest BCUT2D eigenvalue weighted by Gasteiger charge is 2.17. The summed E-state index contributed by atoms with van der Waals surface area (Å²) in [6.45, 7) is 6.73. The molecule has 0 aromatic heterocycles. The largest absolute Gasteiger partial charge is 0.462 e. The van der Waals surface area contributed by atoms with Crippen LogP contribution in [0.4, 0.5) is 0 Å². The molecule has 5 nitrogen and oxygen atoms in total. The van der Waals surface area contributed by atoms with Gasteiger partial charge >= 0.3 is 11.9 Å². The molecule has 19 heavy (non-hydrogen) atoms. The van der Waals surface area contributed by atoms with E-state index in [2.05, 4.69) is 6.58 Å². The van der Waals surface area contributed by atoms with Gasteiger partial charge in [0.05, 0.1) is 19.8 Å². The molecule has 1 heterocycles. The number of rotatable bonds is 7. The first-order valence-corrected chi connectivity index (χ1v) is 6.69. The van der Waals surface area contributed by atoms with Crippen LogP contribution < -0.4 is 0 Å². The zero-order valence-electron chi connectivity index (χ0n) is 11.5. The second kappa shape index (κ2) is 8.69. The Morgan fingerprint density at radius 2 is 1.95 bits per heavy atom. The predicted molar refractivity (Wildman–Crippen MR) is 69.6 cm³/mol. The van der Waals surface area contributed by atoms with Crippen molar-refractivity contribution in [1.82, 2.24) is 0 Å². The highest BCUT2D eigenvalue weighted by atomic mass is 16.6. The molecule has 0 atom stereocenters.